The predicted molar refractivity (Wildman–Crippen MR) is 67.1 cm³/mol. The van der Waals surface area contributed by atoms with Crippen LogP contribution >= 0.6 is 0 Å². The lowest BCUT2D eigenvalue weighted by molar-refractivity contribution is -0.493. The van der Waals surface area contributed by atoms with E-state index in [-0.39, 0.29) is 0 Å². The number of ether oxygens (including phenoxy) is 2. The number of hydrogen-bond acceptors (Lipinski definition) is 5. The van der Waals surface area contributed by atoms with Crippen LogP contribution < -0.4 is 0 Å². The van der Waals surface area contributed by atoms with Gasteiger partial charge < -0.3 is 14.6 Å². The highest BCUT2D eigenvalue weighted by Gasteiger charge is 2.46. The Labute approximate surface area is 111 Å². The van der Waals surface area contributed by atoms with Crippen molar-refractivity contribution in [2.45, 2.75) is 37.9 Å². The van der Waals surface area contributed by atoms with E-state index in [1.54, 1.807) is 13.8 Å². The van der Waals surface area contributed by atoms with Gasteiger partial charge in [-0.3, -0.25) is 10.1 Å². The average molecular weight is 267 g/mol. The van der Waals surface area contributed by atoms with E-state index in [0.717, 1.165) is 5.56 Å². The number of nitrogens with zero attached hydrogens (tertiary/aromatic N) is 1. The fraction of sp³-hybridized carbons (Fsp3) is 0.538. The van der Waals surface area contributed by atoms with Gasteiger partial charge in [-0.2, -0.15) is 0 Å². The van der Waals surface area contributed by atoms with E-state index >= 15 is 0 Å². The minimum absolute atomic E-state index is 0.508. The Bertz CT molecular complexity index is 448. The molecule has 1 aliphatic heterocycles. The van der Waals surface area contributed by atoms with Crippen molar-refractivity contribution in [1.82, 2.24) is 0 Å². The highest BCUT2D eigenvalue weighted by molar-refractivity contribution is 5.20. The second-order valence-electron chi connectivity index (χ2n) is 5.01. The van der Waals surface area contributed by atoms with E-state index in [4.69, 9.17) is 9.47 Å². The third-order valence-electron chi connectivity index (χ3n) is 2.97. The van der Waals surface area contributed by atoms with Gasteiger partial charge in [0.15, 0.2) is 5.79 Å². The lowest BCUT2D eigenvalue weighted by Crippen LogP contribution is -2.37. The van der Waals surface area contributed by atoms with Gasteiger partial charge in [0, 0.05) is 4.92 Å². The molecule has 2 rings (SSSR count). The Morgan fingerprint density at radius 1 is 1.37 bits per heavy atom. The molecule has 0 bridgehead atoms. The Balaban J connectivity index is 2.22. The number of benzene rings is 1. The molecule has 0 aromatic heterocycles. The van der Waals surface area contributed by atoms with Gasteiger partial charge in [-0.25, -0.2) is 0 Å². The molecule has 1 aromatic carbocycles. The molecule has 1 fully saturated rings. The molecule has 1 saturated heterocycles. The first kappa shape index (κ1) is 13.9. The first-order valence-electron chi connectivity index (χ1n) is 6.09. The molecular formula is C13H17NO5. The molecule has 1 unspecified atom stereocenters. The Hall–Kier alpha value is -1.50. The average Bonchev–Trinajstić information content (AvgIpc) is 2.66. The number of rotatable bonds is 4. The van der Waals surface area contributed by atoms with Gasteiger partial charge in [0.05, 0.1) is 0 Å². The lowest BCUT2D eigenvalue weighted by Gasteiger charge is -2.19. The number of aliphatic hydroxyl groups excluding tert-OH is 1. The van der Waals surface area contributed by atoms with Gasteiger partial charge in [0.2, 0.25) is 6.54 Å². The molecule has 0 saturated carbocycles. The summed E-state index contributed by atoms with van der Waals surface area (Å²) in [6.07, 6.45) is -2.46. The van der Waals surface area contributed by atoms with Crippen LogP contribution in [0.4, 0.5) is 0 Å². The van der Waals surface area contributed by atoms with E-state index in [2.05, 4.69) is 0 Å². The van der Waals surface area contributed by atoms with Crippen LogP contribution in [0.25, 0.3) is 0 Å². The van der Waals surface area contributed by atoms with E-state index in [1.165, 1.54) is 0 Å². The topological polar surface area (TPSA) is 81.8 Å². The first-order chi connectivity index (χ1) is 8.89. The van der Waals surface area contributed by atoms with Gasteiger partial charge in [-0.1, -0.05) is 30.3 Å². The van der Waals surface area contributed by atoms with E-state index in [0.29, 0.717) is 0 Å². The van der Waals surface area contributed by atoms with E-state index in [9.17, 15) is 15.2 Å². The SMILES string of the molecule is CC1(C)O[C@@H](c2ccccc2)[C@H](C(O)C[N+](=O)[O-])O1. The molecule has 0 spiro atoms. The summed E-state index contributed by atoms with van der Waals surface area (Å²) in [5, 5.41) is 20.5. The molecule has 1 N–H and O–H groups in total. The molecular weight excluding hydrogens is 250 g/mol. The van der Waals surface area contributed by atoms with Crippen LogP contribution in [0.5, 0.6) is 0 Å². The van der Waals surface area contributed by atoms with Crippen LogP contribution in [0, 0.1) is 10.1 Å². The summed E-state index contributed by atoms with van der Waals surface area (Å²) in [6.45, 7) is 2.89. The van der Waals surface area contributed by atoms with Crippen LogP contribution in [0.1, 0.15) is 25.5 Å². The van der Waals surface area contributed by atoms with Crippen LogP contribution in [0.15, 0.2) is 30.3 Å². The van der Waals surface area contributed by atoms with Gasteiger partial charge in [-0.05, 0) is 19.4 Å². The molecule has 1 heterocycles. The van der Waals surface area contributed by atoms with Crippen LogP contribution in [0.3, 0.4) is 0 Å². The van der Waals surface area contributed by atoms with E-state index < -0.39 is 35.6 Å². The summed E-state index contributed by atoms with van der Waals surface area (Å²) in [6, 6.07) is 9.26. The van der Waals surface area contributed by atoms with Crippen molar-refractivity contribution in [3.8, 4) is 0 Å². The monoisotopic (exact) mass is 267 g/mol. The van der Waals surface area contributed by atoms with E-state index in [1.807, 2.05) is 30.3 Å². The minimum atomic E-state index is -1.21. The lowest BCUT2D eigenvalue weighted by atomic mass is 10.0. The fourth-order valence-corrected chi connectivity index (χ4v) is 2.23. The summed E-state index contributed by atoms with van der Waals surface area (Å²) < 4.78 is 11.3. The molecule has 0 aliphatic carbocycles. The van der Waals surface area contributed by atoms with Crippen molar-refractivity contribution in [3.05, 3.63) is 46.0 Å². The number of nitro groups is 1. The van der Waals surface area contributed by atoms with Crippen molar-refractivity contribution in [3.63, 3.8) is 0 Å². The van der Waals surface area contributed by atoms with Crippen molar-refractivity contribution in [2.24, 2.45) is 0 Å². The first-order valence-corrected chi connectivity index (χ1v) is 6.09. The standard InChI is InChI=1S/C13H17NO5/c1-13(2)18-11(9-6-4-3-5-7-9)12(19-13)10(15)8-14(16)17/h3-7,10-12,15H,8H2,1-2H3/t10?,11-,12-/m0/s1. The molecule has 6 nitrogen and oxygen atoms in total. The molecule has 0 radical (unpaired) electrons. The second-order valence-corrected chi connectivity index (χ2v) is 5.01. The minimum Gasteiger partial charge on any atom is -0.383 e. The second kappa shape index (κ2) is 5.24. The van der Waals surface area contributed by atoms with Gasteiger partial charge in [0.25, 0.3) is 0 Å². The van der Waals surface area contributed by atoms with Crippen molar-refractivity contribution in [2.75, 3.05) is 6.54 Å². The highest BCUT2D eigenvalue weighted by Crippen LogP contribution is 2.39. The molecule has 0 amide bonds. The van der Waals surface area contributed by atoms with Crippen molar-refractivity contribution in [1.29, 1.82) is 0 Å². The molecule has 6 heteroatoms. The maximum atomic E-state index is 10.5. The molecule has 104 valence electrons. The zero-order chi connectivity index (χ0) is 14.0. The zero-order valence-corrected chi connectivity index (χ0v) is 10.9. The predicted octanol–water partition coefficient (Wildman–Crippen LogP) is 1.52. The third-order valence-corrected chi connectivity index (χ3v) is 2.97. The summed E-state index contributed by atoms with van der Waals surface area (Å²) in [5.74, 6) is -0.872. The summed E-state index contributed by atoms with van der Waals surface area (Å²) in [4.78, 5) is 9.97. The third kappa shape index (κ3) is 3.28. The Morgan fingerprint density at radius 2 is 2.00 bits per heavy atom. The summed E-state index contributed by atoms with van der Waals surface area (Å²) in [7, 11) is 0. The van der Waals surface area contributed by atoms with Crippen molar-refractivity contribution >= 4 is 0 Å². The van der Waals surface area contributed by atoms with Crippen LogP contribution in [0.2, 0.25) is 0 Å². The number of aliphatic hydroxyl groups is 1. The zero-order valence-electron chi connectivity index (χ0n) is 10.9. The summed E-state index contributed by atoms with van der Waals surface area (Å²) >= 11 is 0. The largest absolute Gasteiger partial charge is 0.383 e. The number of hydrogen-bond donors (Lipinski definition) is 1. The maximum Gasteiger partial charge on any atom is 0.232 e. The molecule has 3 atom stereocenters. The Kier molecular flexibility index (Phi) is 3.84. The van der Waals surface area contributed by atoms with Crippen molar-refractivity contribution < 1.29 is 19.5 Å². The smallest absolute Gasteiger partial charge is 0.232 e. The van der Waals surface area contributed by atoms with Crippen LogP contribution in [-0.4, -0.2) is 34.6 Å². The molecule has 1 aliphatic rings. The fourth-order valence-electron chi connectivity index (χ4n) is 2.23. The van der Waals surface area contributed by atoms with Gasteiger partial charge >= 0.3 is 0 Å². The van der Waals surface area contributed by atoms with Crippen LogP contribution in [-0.2, 0) is 9.47 Å². The van der Waals surface area contributed by atoms with Gasteiger partial charge in [0.1, 0.15) is 18.3 Å². The highest BCUT2D eigenvalue weighted by atomic mass is 16.8. The van der Waals surface area contributed by atoms with Gasteiger partial charge in [-0.15, -0.1) is 0 Å². The maximum absolute atomic E-state index is 10.5. The Morgan fingerprint density at radius 3 is 2.58 bits per heavy atom. The molecule has 19 heavy (non-hydrogen) atoms. The quantitative estimate of drug-likeness (QED) is 0.660. The normalized spacial score (nSPS) is 27.1. The molecule has 1 aromatic rings. The summed E-state index contributed by atoms with van der Waals surface area (Å²) in [5.41, 5.74) is 0.834.